The summed E-state index contributed by atoms with van der Waals surface area (Å²) < 4.78 is 5.53. The second-order valence-electron chi connectivity index (χ2n) is 9.92. The van der Waals surface area contributed by atoms with Crippen LogP contribution in [0.5, 0.6) is 0 Å². The van der Waals surface area contributed by atoms with Crippen LogP contribution in [0.15, 0.2) is 24.4 Å². The van der Waals surface area contributed by atoms with Crippen LogP contribution in [0.2, 0.25) is 5.02 Å². The van der Waals surface area contributed by atoms with Crippen molar-refractivity contribution < 1.29 is 14.3 Å². The molecule has 1 unspecified atom stereocenters. The molecule has 0 bridgehead atoms. The van der Waals surface area contributed by atoms with E-state index in [-0.39, 0.29) is 18.0 Å². The summed E-state index contributed by atoms with van der Waals surface area (Å²) in [7, 11) is 0. The molecule has 1 atom stereocenters. The molecule has 2 aromatic rings. The summed E-state index contributed by atoms with van der Waals surface area (Å²) in [5.41, 5.74) is 3.22. The number of ether oxygens (including phenoxy) is 1. The Labute approximate surface area is 211 Å². The predicted molar refractivity (Wildman–Crippen MR) is 136 cm³/mol. The molecule has 1 aliphatic heterocycles. The summed E-state index contributed by atoms with van der Waals surface area (Å²) in [5, 5.41) is 12.7. The van der Waals surface area contributed by atoms with Crippen molar-refractivity contribution in [2.45, 2.75) is 59.7 Å². The van der Waals surface area contributed by atoms with E-state index in [1.54, 1.807) is 17.9 Å². The van der Waals surface area contributed by atoms with Crippen LogP contribution in [0.25, 0.3) is 0 Å². The lowest BCUT2D eigenvalue weighted by Gasteiger charge is -2.40. The number of carbonyl (C=O) groups excluding carboxylic acids is 2. The van der Waals surface area contributed by atoms with Crippen molar-refractivity contribution in [2.75, 3.05) is 25.0 Å². The minimum Gasteiger partial charge on any atom is -0.444 e. The topological polar surface area (TPSA) is 98.6 Å². The average molecular weight is 498 g/mol. The monoisotopic (exact) mass is 497 g/mol. The predicted octanol–water partition coefficient (Wildman–Crippen LogP) is 4.92. The number of pyridine rings is 1. The molecule has 9 heteroatoms. The number of nitrogens with one attached hydrogen (secondary N) is 1. The van der Waals surface area contributed by atoms with Gasteiger partial charge < -0.3 is 15.0 Å². The van der Waals surface area contributed by atoms with E-state index < -0.39 is 5.60 Å². The van der Waals surface area contributed by atoms with E-state index in [4.69, 9.17) is 16.3 Å². The van der Waals surface area contributed by atoms with Gasteiger partial charge in [0.15, 0.2) is 0 Å². The number of benzene rings is 1. The zero-order valence-electron chi connectivity index (χ0n) is 21.1. The van der Waals surface area contributed by atoms with Gasteiger partial charge >= 0.3 is 6.09 Å². The third kappa shape index (κ3) is 6.71. The van der Waals surface area contributed by atoms with E-state index in [0.717, 1.165) is 11.1 Å². The molecule has 1 saturated heterocycles. The van der Waals surface area contributed by atoms with E-state index in [1.807, 2.05) is 40.7 Å². The van der Waals surface area contributed by atoms with Crippen LogP contribution in [0, 0.1) is 25.2 Å². The Bertz CT molecular complexity index is 1170. The summed E-state index contributed by atoms with van der Waals surface area (Å²) in [6.07, 6.45) is 1.16. The van der Waals surface area contributed by atoms with Crippen LogP contribution < -0.4 is 5.32 Å². The number of rotatable bonds is 4. The van der Waals surface area contributed by atoms with Gasteiger partial charge in [0.25, 0.3) is 5.91 Å². The molecule has 1 N–H and O–H groups in total. The van der Waals surface area contributed by atoms with E-state index in [9.17, 15) is 14.9 Å². The quantitative estimate of drug-likeness (QED) is 0.643. The fourth-order valence-electron chi connectivity index (χ4n) is 4.00. The maximum Gasteiger partial charge on any atom is 0.410 e. The van der Waals surface area contributed by atoms with Crippen LogP contribution in [0.3, 0.4) is 0 Å². The van der Waals surface area contributed by atoms with Crippen LogP contribution in [-0.4, -0.2) is 58.1 Å². The number of hydrogen-bond acceptors (Lipinski definition) is 6. The van der Waals surface area contributed by atoms with Crippen molar-refractivity contribution in [1.82, 2.24) is 14.8 Å². The van der Waals surface area contributed by atoms with Crippen LogP contribution in [-0.2, 0) is 11.3 Å². The lowest BCUT2D eigenvalue weighted by Crippen LogP contribution is -2.54. The van der Waals surface area contributed by atoms with Gasteiger partial charge in [-0.15, -0.1) is 0 Å². The van der Waals surface area contributed by atoms with Crippen LogP contribution in [0.4, 0.5) is 10.5 Å². The molecule has 3 rings (SSSR count). The average Bonchev–Trinajstić information content (AvgIpc) is 2.76. The number of anilines is 1. The highest BCUT2D eigenvalue weighted by atomic mass is 35.5. The Kier molecular flexibility index (Phi) is 8.04. The Balaban J connectivity index is 1.71. The third-order valence-electron chi connectivity index (χ3n) is 5.93. The number of aryl methyl sites for hydroxylation is 1. The molecule has 0 spiro atoms. The molecule has 1 aromatic carbocycles. The van der Waals surface area contributed by atoms with Gasteiger partial charge in [-0.3, -0.25) is 14.7 Å². The second kappa shape index (κ2) is 10.6. The van der Waals surface area contributed by atoms with Crippen molar-refractivity contribution in [1.29, 1.82) is 5.26 Å². The Morgan fingerprint density at radius 2 is 1.97 bits per heavy atom. The van der Waals surface area contributed by atoms with Gasteiger partial charge in [-0.25, -0.2) is 4.79 Å². The van der Waals surface area contributed by atoms with E-state index in [0.29, 0.717) is 53.7 Å². The van der Waals surface area contributed by atoms with Gasteiger partial charge in [-0.2, -0.15) is 5.26 Å². The third-order valence-corrected chi connectivity index (χ3v) is 6.15. The van der Waals surface area contributed by atoms with E-state index >= 15 is 0 Å². The number of amides is 2. The zero-order valence-corrected chi connectivity index (χ0v) is 21.9. The standard InChI is InChI=1S/C26H32ClN5O3/c1-16-14-31(7-8-32(16)25(34)35-26(4,5)6)15-21-10-22(27)11-23(17(21)2)30-24(33)20-9-19(12-28)18(3)29-13-20/h9-11,13,16H,7-8,14-15H2,1-6H3,(H,30,33). The second-order valence-corrected chi connectivity index (χ2v) is 10.4. The Morgan fingerprint density at radius 3 is 2.60 bits per heavy atom. The van der Waals surface area contributed by atoms with Crippen molar-refractivity contribution in [3.05, 3.63) is 57.4 Å². The molecule has 8 nitrogen and oxygen atoms in total. The van der Waals surface area contributed by atoms with E-state index in [1.165, 1.54) is 12.3 Å². The van der Waals surface area contributed by atoms with Gasteiger partial charge in [-0.1, -0.05) is 11.6 Å². The first-order chi connectivity index (χ1) is 16.4. The fraction of sp³-hybridized carbons (Fsp3) is 0.462. The first-order valence-corrected chi connectivity index (χ1v) is 11.9. The van der Waals surface area contributed by atoms with Gasteiger partial charge in [0.2, 0.25) is 0 Å². The number of carbonyl (C=O) groups is 2. The number of aromatic nitrogens is 1. The van der Waals surface area contributed by atoms with Gasteiger partial charge in [0, 0.05) is 49.1 Å². The van der Waals surface area contributed by atoms with Crippen molar-refractivity contribution >= 4 is 29.3 Å². The Morgan fingerprint density at radius 1 is 1.26 bits per heavy atom. The van der Waals surface area contributed by atoms with Crippen LogP contribution in [0.1, 0.15) is 60.4 Å². The molecule has 1 fully saturated rings. The van der Waals surface area contributed by atoms with Gasteiger partial charge in [0.05, 0.1) is 16.8 Å². The zero-order chi connectivity index (χ0) is 25.9. The molecule has 2 heterocycles. The number of nitriles is 1. The summed E-state index contributed by atoms with van der Waals surface area (Å²) >= 11 is 6.40. The summed E-state index contributed by atoms with van der Waals surface area (Å²) in [6.45, 7) is 13.9. The molecule has 1 aliphatic rings. The molecular formula is C26H32ClN5O3. The van der Waals surface area contributed by atoms with Gasteiger partial charge in [-0.05, 0) is 70.9 Å². The smallest absolute Gasteiger partial charge is 0.410 e. The van der Waals surface area contributed by atoms with E-state index in [2.05, 4.69) is 21.3 Å². The molecule has 0 saturated carbocycles. The van der Waals surface area contributed by atoms with Crippen LogP contribution >= 0.6 is 11.6 Å². The lowest BCUT2D eigenvalue weighted by molar-refractivity contribution is 0.000535. The molecule has 35 heavy (non-hydrogen) atoms. The highest BCUT2D eigenvalue weighted by Crippen LogP contribution is 2.27. The number of piperazine rings is 1. The first kappa shape index (κ1) is 26.5. The Hall–Kier alpha value is -3.15. The number of halogens is 1. The minimum absolute atomic E-state index is 0.000584. The van der Waals surface area contributed by atoms with Crippen molar-refractivity contribution in [3.63, 3.8) is 0 Å². The first-order valence-electron chi connectivity index (χ1n) is 11.6. The summed E-state index contributed by atoms with van der Waals surface area (Å²) in [4.78, 5) is 33.5. The molecule has 0 aliphatic carbocycles. The van der Waals surface area contributed by atoms with Crippen molar-refractivity contribution in [2.24, 2.45) is 0 Å². The molecule has 186 valence electrons. The SMILES string of the molecule is Cc1ncc(C(=O)Nc2cc(Cl)cc(CN3CCN(C(=O)OC(C)(C)C)C(C)C3)c2C)cc1C#N. The fourth-order valence-corrected chi connectivity index (χ4v) is 4.24. The normalized spacial score (nSPS) is 16.5. The lowest BCUT2D eigenvalue weighted by atomic mass is 10.0. The summed E-state index contributed by atoms with van der Waals surface area (Å²) in [6, 6.07) is 7.20. The molecule has 2 amide bonds. The maximum atomic E-state index is 12.8. The molecular weight excluding hydrogens is 466 g/mol. The van der Waals surface area contributed by atoms with Crippen molar-refractivity contribution in [3.8, 4) is 6.07 Å². The molecule has 1 aromatic heterocycles. The summed E-state index contributed by atoms with van der Waals surface area (Å²) in [5.74, 6) is -0.357. The van der Waals surface area contributed by atoms with Gasteiger partial charge in [0.1, 0.15) is 11.7 Å². The largest absolute Gasteiger partial charge is 0.444 e. The highest BCUT2D eigenvalue weighted by Gasteiger charge is 2.31. The molecule has 0 radical (unpaired) electrons. The minimum atomic E-state index is -0.530. The number of hydrogen-bond donors (Lipinski definition) is 1. The number of nitrogens with zero attached hydrogens (tertiary/aromatic N) is 4. The maximum absolute atomic E-state index is 12.8. The highest BCUT2D eigenvalue weighted by molar-refractivity contribution is 6.31.